The van der Waals surface area contributed by atoms with Gasteiger partial charge in [0.2, 0.25) is 0 Å². The molecule has 0 radical (unpaired) electrons. The molecule has 2 aromatic heterocycles. The Kier molecular flexibility index (Phi) is 5.08. The van der Waals surface area contributed by atoms with E-state index >= 15 is 0 Å². The fraction of sp³-hybridized carbons (Fsp3) is 0.619. The Morgan fingerprint density at radius 1 is 0.828 bits per heavy atom. The van der Waals surface area contributed by atoms with Crippen LogP contribution < -0.4 is 9.80 Å². The molecule has 2 saturated heterocycles. The molecule has 0 spiro atoms. The standard InChI is InChI=1S/C21H28N6O2/c28-21(20-16-6-2-3-7-17(16)29-24-20)27-12-10-26(11-13-27)19-14-18(22-15-23-19)25-8-4-1-5-9-25/h14-15H,1-13H2. The number of nitrogens with zero attached hydrogens (tertiary/aromatic N) is 6. The minimum absolute atomic E-state index is 0.00763. The highest BCUT2D eigenvalue weighted by Crippen LogP contribution is 2.26. The quantitative estimate of drug-likeness (QED) is 0.788. The van der Waals surface area contributed by atoms with Crippen molar-refractivity contribution in [3.05, 3.63) is 29.4 Å². The van der Waals surface area contributed by atoms with Crippen LogP contribution in [0.3, 0.4) is 0 Å². The van der Waals surface area contributed by atoms with Crippen molar-refractivity contribution in [1.82, 2.24) is 20.0 Å². The van der Waals surface area contributed by atoms with Crippen molar-refractivity contribution in [3.8, 4) is 0 Å². The molecular weight excluding hydrogens is 368 g/mol. The van der Waals surface area contributed by atoms with E-state index in [1.54, 1.807) is 6.33 Å². The molecule has 0 atom stereocenters. The van der Waals surface area contributed by atoms with Gasteiger partial charge in [0.05, 0.1) is 0 Å². The lowest BCUT2D eigenvalue weighted by molar-refractivity contribution is 0.0735. The number of amides is 1. The third-order valence-electron chi connectivity index (χ3n) is 6.36. The number of carbonyl (C=O) groups excluding carboxylic acids is 1. The predicted octanol–water partition coefficient (Wildman–Crippen LogP) is 2.30. The molecule has 1 aliphatic carbocycles. The van der Waals surface area contributed by atoms with Crippen molar-refractivity contribution in [2.24, 2.45) is 0 Å². The summed E-state index contributed by atoms with van der Waals surface area (Å²) in [6.45, 7) is 5.01. The normalized spacial score (nSPS) is 19.9. The highest BCUT2D eigenvalue weighted by Gasteiger charge is 2.30. The number of piperidine rings is 1. The molecule has 29 heavy (non-hydrogen) atoms. The smallest absolute Gasteiger partial charge is 0.276 e. The highest BCUT2D eigenvalue weighted by molar-refractivity contribution is 5.94. The Morgan fingerprint density at radius 3 is 2.28 bits per heavy atom. The Bertz CT molecular complexity index is 868. The van der Waals surface area contributed by atoms with E-state index in [9.17, 15) is 4.79 Å². The molecule has 154 valence electrons. The fourth-order valence-electron chi connectivity index (χ4n) is 4.65. The molecular formula is C21H28N6O2. The largest absolute Gasteiger partial charge is 0.360 e. The summed E-state index contributed by atoms with van der Waals surface area (Å²) in [4.78, 5) is 28.5. The molecule has 8 heteroatoms. The molecule has 0 N–H and O–H groups in total. The number of aromatic nitrogens is 3. The van der Waals surface area contributed by atoms with Crippen molar-refractivity contribution in [2.45, 2.75) is 44.9 Å². The van der Waals surface area contributed by atoms with Gasteiger partial charge in [-0.1, -0.05) is 5.16 Å². The molecule has 4 heterocycles. The summed E-state index contributed by atoms with van der Waals surface area (Å²) >= 11 is 0. The van der Waals surface area contributed by atoms with Gasteiger partial charge in [-0.2, -0.15) is 0 Å². The average molecular weight is 396 g/mol. The molecule has 0 aromatic carbocycles. The van der Waals surface area contributed by atoms with Crippen molar-refractivity contribution < 1.29 is 9.32 Å². The maximum atomic E-state index is 13.0. The van der Waals surface area contributed by atoms with Crippen LogP contribution in [0.4, 0.5) is 11.6 Å². The van der Waals surface area contributed by atoms with Crippen molar-refractivity contribution in [2.75, 3.05) is 49.1 Å². The van der Waals surface area contributed by atoms with Gasteiger partial charge in [-0.25, -0.2) is 9.97 Å². The van der Waals surface area contributed by atoms with E-state index < -0.39 is 0 Å². The average Bonchev–Trinajstić information content (AvgIpc) is 3.24. The van der Waals surface area contributed by atoms with Gasteiger partial charge in [0.1, 0.15) is 23.7 Å². The summed E-state index contributed by atoms with van der Waals surface area (Å²) in [6, 6.07) is 2.09. The van der Waals surface area contributed by atoms with Crippen LogP contribution in [0.25, 0.3) is 0 Å². The Hall–Kier alpha value is -2.64. The summed E-state index contributed by atoms with van der Waals surface area (Å²) < 4.78 is 5.43. The number of aryl methyl sites for hydroxylation is 1. The SMILES string of the molecule is O=C(c1noc2c1CCCC2)N1CCN(c2cc(N3CCCCC3)ncn2)CC1. The van der Waals surface area contributed by atoms with E-state index in [4.69, 9.17) is 4.52 Å². The number of fused-ring (bicyclic) bond motifs is 1. The third kappa shape index (κ3) is 3.68. The lowest BCUT2D eigenvalue weighted by Crippen LogP contribution is -2.49. The van der Waals surface area contributed by atoms with E-state index in [0.717, 1.165) is 74.8 Å². The van der Waals surface area contributed by atoms with E-state index in [-0.39, 0.29) is 5.91 Å². The van der Waals surface area contributed by atoms with E-state index in [2.05, 4.69) is 31.0 Å². The first-order chi connectivity index (χ1) is 14.3. The first-order valence-corrected chi connectivity index (χ1v) is 10.9. The van der Waals surface area contributed by atoms with Gasteiger partial charge in [-0.3, -0.25) is 4.79 Å². The zero-order chi connectivity index (χ0) is 19.6. The zero-order valence-corrected chi connectivity index (χ0v) is 16.8. The number of rotatable bonds is 3. The maximum absolute atomic E-state index is 13.0. The first kappa shape index (κ1) is 18.4. The second kappa shape index (κ2) is 8.00. The van der Waals surface area contributed by atoms with Crippen molar-refractivity contribution in [3.63, 3.8) is 0 Å². The summed E-state index contributed by atoms with van der Waals surface area (Å²) in [5, 5.41) is 4.11. The van der Waals surface area contributed by atoms with Gasteiger partial charge in [0.15, 0.2) is 5.69 Å². The van der Waals surface area contributed by atoms with Crippen LogP contribution in [-0.4, -0.2) is 65.2 Å². The fourth-order valence-corrected chi connectivity index (χ4v) is 4.65. The molecule has 2 aromatic rings. The van der Waals surface area contributed by atoms with Crippen LogP contribution in [0.5, 0.6) is 0 Å². The minimum atomic E-state index is 0.00763. The van der Waals surface area contributed by atoms with Gasteiger partial charge >= 0.3 is 0 Å². The van der Waals surface area contributed by atoms with E-state index in [0.29, 0.717) is 18.8 Å². The maximum Gasteiger partial charge on any atom is 0.276 e. The third-order valence-corrected chi connectivity index (χ3v) is 6.36. The number of piperazine rings is 1. The lowest BCUT2D eigenvalue weighted by Gasteiger charge is -2.35. The van der Waals surface area contributed by atoms with Crippen LogP contribution >= 0.6 is 0 Å². The number of hydrogen-bond acceptors (Lipinski definition) is 7. The van der Waals surface area contributed by atoms with Gasteiger partial charge in [0, 0.05) is 57.3 Å². The van der Waals surface area contributed by atoms with Crippen LogP contribution in [0.1, 0.15) is 53.9 Å². The van der Waals surface area contributed by atoms with Gasteiger partial charge in [-0.05, 0) is 38.5 Å². The molecule has 2 fully saturated rings. The van der Waals surface area contributed by atoms with Crippen molar-refractivity contribution in [1.29, 1.82) is 0 Å². The summed E-state index contributed by atoms with van der Waals surface area (Å²) in [5.41, 5.74) is 1.56. The van der Waals surface area contributed by atoms with E-state index in [1.807, 2.05) is 4.90 Å². The zero-order valence-electron chi connectivity index (χ0n) is 16.8. The lowest BCUT2D eigenvalue weighted by atomic mass is 9.96. The second-order valence-corrected chi connectivity index (χ2v) is 8.20. The molecule has 2 aliphatic heterocycles. The molecule has 1 amide bonds. The summed E-state index contributed by atoms with van der Waals surface area (Å²) in [7, 11) is 0. The van der Waals surface area contributed by atoms with Crippen LogP contribution in [-0.2, 0) is 12.8 Å². The van der Waals surface area contributed by atoms with Gasteiger partial charge in [-0.15, -0.1) is 0 Å². The molecule has 8 nitrogen and oxygen atoms in total. The molecule has 0 unspecified atom stereocenters. The second-order valence-electron chi connectivity index (χ2n) is 8.20. The molecule has 3 aliphatic rings. The number of anilines is 2. The Balaban J connectivity index is 1.24. The van der Waals surface area contributed by atoms with Crippen LogP contribution in [0.15, 0.2) is 16.9 Å². The Labute approximate surface area is 170 Å². The first-order valence-electron chi connectivity index (χ1n) is 10.9. The van der Waals surface area contributed by atoms with Crippen LogP contribution in [0, 0.1) is 0 Å². The van der Waals surface area contributed by atoms with Gasteiger partial charge < -0.3 is 19.2 Å². The van der Waals surface area contributed by atoms with Crippen LogP contribution in [0.2, 0.25) is 0 Å². The van der Waals surface area contributed by atoms with Gasteiger partial charge in [0.25, 0.3) is 5.91 Å². The molecule has 0 saturated carbocycles. The Morgan fingerprint density at radius 2 is 1.52 bits per heavy atom. The topological polar surface area (TPSA) is 78.6 Å². The number of carbonyl (C=O) groups is 1. The predicted molar refractivity (Wildman–Crippen MR) is 109 cm³/mol. The summed E-state index contributed by atoms with van der Waals surface area (Å²) in [5.74, 6) is 2.88. The summed E-state index contributed by atoms with van der Waals surface area (Å²) in [6.07, 6.45) is 9.45. The molecule has 0 bridgehead atoms. The number of hydrogen-bond donors (Lipinski definition) is 0. The molecule has 5 rings (SSSR count). The minimum Gasteiger partial charge on any atom is -0.360 e. The van der Waals surface area contributed by atoms with E-state index in [1.165, 1.54) is 19.3 Å². The monoisotopic (exact) mass is 396 g/mol. The van der Waals surface area contributed by atoms with Crippen molar-refractivity contribution >= 4 is 17.5 Å². The highest BCUT2D eigenvalue weighted by atomic mass is 16.5.